The number of benzene rings is 1. The van der Waals surface area contributed by atoms with Gasteiger partial charge < -0.3 is 24.3 Å². The van der Waals surface area contributed by atoms with Crippen LogP contribution in [-0.2, 0) is 48.0 Å². The number of carbonyl (C=O) groups is 4. The van der Waals surface area contributed by atoms with E-state index in [1.54, 1.807) is 18.2 Å². The number of esters is 1. The zero-order chi connectivity index (χ0) is 40.6. The molecule has 4 aromatic rings. The van der Waals surface area contributed by atoms with E-state index in [4.69, 9.17) is 19.4 Å². The van der Waals surface area contributed by atoms with Crippen molar-refractivity contribution in [2.24, 2.45) is 5.41 Å². The molecule has 7 rings (SSSR count). The maximum absolute atomic E-state index is 14.3. The Balaban J connectivity index is 1.32. The zero-order valence-corrected chi connectivity index (χ0v) is 34.8. The highest BCUT2D eigenvalue weighted by atomic mass is 32.1. The minimum atomic E-state index is -0.976. The van der Waals surface area contributed by atoms with Crippen LogP contribution >= 0.6 is 11.3 Å². The normalized spacial score (nSPS) is 22.5. The molecule has 3 aliphatic rings. The fourth-order valence-corrected chi connectivity index (χ4v) is 9.13. The van der Waals surface area contributed by atoms with Crippen LogP contribution in [0.2, 0.25) is 0 Å². The lowest BCUT2D eigenvalue weighted by molar-refractivity contribution is -0.155. The number of carbonyl (C=O) groups excluding carboxylic acids is 4. The number of ether oxygens (including phenoxy) is 2. The van der Waals surface area contributed by atoms with Gasteiger partial charge in [0.05, 0.1) is 34.8 Å². The lowest BCUT2D eigenvalue weighted by Crippen LogP contribution is -2.63. The highest BCUT2D eigenvalue weighted by Crippen LogP contribution is 2.42. The molecule has 57 heavy (non-hydrogen) atoms. The number of amides is 3. The molecule has 3 aromatic heterocycles. The maximum Gasteiger partial charge on any atom is 0.324 e. The Morgan fingerprint density at radius 2 is 1.98 bits per heavy atom. The Labute approximate surface area is 337 Å². The number of aromatic nitrogens is 3. The van der Waals surface area contributed by atoms with Gasteiger partial charge in [-0.1, -0.05) is 19.9 Å². The first-order chi connectivity index (χ1) is 27.3. The molecule has 0 saturated carbocycles. The number of aryl methyl sites for hydroxylation is 1. The highest BCUT2D eigenvalue weighted by molar-refractivity contribution is 7.10. The number of nitrogens with one attached hydrogen (secondary N) is 2. The molecule has 2 saturated heterocycles. The number of hydrogen-bond acceptors (Lipinski definition) is 11. The molecule has 2 fully saturated rings. The minimum Gasteiger partial charge on any atom is -0.464 e. The average molecular weight is 799 g/mol. The monoisotopic (exact) mass is 798 g/mol. The second-order valence-electron chi connectivity index (χ2n) is 16.2. The van der Waals surface area contributed by atoms with Crippen LogP contribution in [0.5, 0.6) is 0 Å². The lowest BCUT2D eigenvalue weighted by Gasteiger charge is -2.39. The van der Waals surface area contributed by atoms with Gasteiger partial charge in [-0.15, -0.1) is 11.3 Å². The summed E-state index contributed by atoms with van der Waals surface area (Å²) in [5.74, 6) is -1.24. The van der Waals surface area contributed by atoms with E-state index in [1.165, 1.54) is 23.3 Å². The van der Waals surface area contributed by atoms with Crippen molar-refractivity contribution >= 4 is 45.9 Å². The molecule has 3 aliphatic heterocycles. The number of rotatable bonds is 6. The number of thiazole rings is 1. The van der Waals surface area contributed by atoms with Crippen LogP contribution in [0.1, 0.15) is 69.8 Å². The fourth-order valence-electron chi connectivity index (χ4n) is 8.27. The van der Waals surface area contributed by atoms with Crippen molar-refractivity contribution < 1.29 is 28.7 Å². The molecule has 0 radical (unpaired) electrons. The largest absolute Gasteiger partial charge is 0.464 e. The summed E-state index contributed by atoms with van der Waals surface area (Å²) < 4.78 is 14.2. The van der Waals surface area contributed by atoms with Crippen LogP contribution in [0, 0.1) is 5.41 Å². The van der Waals surface area contributed by atoms with E-state index in [1.807, 2.05) is 30.3 Å². The van der Waals surface area contributed by atoms with Gasteiger partial charge in [0.25, 0.3) is 5.91 Å². The van der Waals surface area contributed by atoms with Gasteiger partial charge in [-0.3, -0.25) is 34.1 Å². The SMILES string of the molecule is CCn1c(-c2cccnc2[C@H](C)OC)c2c3cc(ccc31)-c1csc(n1)C[C@H](NC(=O)[C@@H]1CN(C(C)=O)CCN1C)C(=O)N1CCC[C@H](N1)C(=O)OCC(C)(C)C2. The van der Waals surface area contributed by atoms with Gasteiger partial charge in [-0.2, -0.15) is 0 Å². The molecule has 304 valence electrons. The number of hydrogen-bond donors (Lipinski definition) is 2. The number of pyridine rings is 1. The molecular weight excluding hydrogens is 745 g/mol. The highest BCUT2D eigenvalue weighted by Gasteiger charge is 2.38. The van der Waals surface area contributed by atoms with Crippen LogP contribution in [0.4, 0.5) is 0 Å². The van der Waals surface area contributed by atoms with Crippen molar-refractivity contribution in [3.05, 3.63) is 58.2 Å². The number of fused-ring (bicyclic) bond motifs is 6. The molecule has 6 bridgehead atoms. The molecule has 0 unspecified atom stereocenters. The number of nitrogens with zero attached hydrogens (tertiary/aromatic N) is 6. The Kier molecular flexibility index (Phi) is 11.8. The molecule has 2 N–H and O–H groups in total. The summed E-state index contributed by atoms with van der Waals surface area (Å²) in [6.45, 7) is 12.4. The van der Waals surface area contributed by atoms with Gasteiger partial charge in [0.15, 0.2) is 0 Å². The topological polar surface area (TPSA) is 151 Å². The van der Waals surface area contributed by atoms with Crippen LogP contribution in [0.25, 0.3) is 33.4 Å². The third-order valence-corrected chi connectivity index (χ3v) is 12.4. The van der Waals surface area contributed by atoms with Crippen LogP contribution in [-0.4, -0.2) is 118 Å². The van der Waals surface area contributed by atoms with Gasteiger partial charge in [0.1, 0.15) is 18.1 Å². The molecule has 0 spiro atoms. The van der Waals surface area contributed by atoms with E-state index in [9.17, 15) is 19.2 Å². The van der Waals surface area contributed by atoms with E-state index >= 15 is 0 Å². The third-order valence-electron chi connectivity index (χ3n) is 11.6. The van der Waals surface area contributed by atoms with Crippen molar-refractivity contribution in [1.29, 1.82) is 0 Å². The second kappa shape index (κ2) is 16.6. The summed E-state index contributed by atoms with van der Waals surface area (Å²) in [5.41, 5.74) is 9.44. The van der Waals surface area contributed by atoms with Crippen LogP contribution in [0.3, 0.4) is 0 Å². The summed E-state index contributed by atoms with van der Waals surface area (Å²) in [7, 11) is 3.54. The predicted molar refractivity (Wildman–Crippen MR) is 218 cm³/mol. The summed E-state index contributed by atoms with van der Waals surface area (Å²) in [4.78, 5) is 67.6. The van der Waals surface area contributed by atoms with Gasteiger partial charge >= 0.3 is 5.97 Å². The smallest absolute Gasteiger partial charge is 0.324 e. The van der Waals surface area contributed by atoms with Gasteiger partial charge in [-0.25, -0.2) is 10.4 Å². The number of hydrazine groups is 1. The fraction of sp³-hybridized carbons (Fsp3) is 0.524. The van der Waals surface area contributed by atoms with Crippen molar-refractivity contribution in [1.82, 2.24) is 40.1 Å². The Bertz CT molecular complexity index is 2160. The van der Waals surface area contributed by atoms with E-state index in [2.05, 4.69) is 60.3 Å². The number of cyclic esters (lactones) is 1. The Morgan fingerprint density at radius 1 is 1.18 bits per heavy atom. The number of likely N-dealkylation sites (N-methyl/N-ethyl adjacent to an activating group) is 1. The van der Waals surface area contributed by atoms with Crippen LogP contribution in [0.15, 0.2) is 41.9 Å². The molecule has 4 atom stereocenters. The minimum absolute atomic E-state index is 0.0994. The first-order valence-corrected chi connectivity index (χ1v) is 20.7. The molecule has 3 amide bonds. The quantitative estimate of drug-likeness (QED) is 0.270. The summed E-state index contributed by atoms with van der Waals surface area (Å²) >= 11 is 1.44. The number of piperazine rings is 1. The van der Waals surface area contributed by atoms with Gasteiger partial charge in [0, 0.05) is 92.2 Å². The van der Waals surface area contributed by atoms with Crippen molar-refractivity contribution in [3.63, 3.8) is 0 Å². The Morgan fingerprint density at radius 3 is 2.74 bits per heavy atom. The average Bonchev–Trinajstić information content (AvgIpc) is 3.80. The van der Waals surface area contributed by atoms with Gasteiger partial charge in [0.2, 0.25) is 11.8 Å². The second-order valence-corrected chi connectivity index (χ2v) is 17.2. The van der Waals surface area contributed by atoms with E-state index in [0.29, 0.717) is 50.4 Å². The Hall–Kier alpha value is -4.70. The first-order valence-electron chi connectivity index (χ1n) is 19.9. The molecule has 14 nitrogen and oxygen atoms in total. The molecule has 6 heterocycles. The lowest BCUT2D eigenvalue weighted by atomic mass is 9.84. The van der Waals surface area contributed by atoms with E-state index in [-0.39, 0.29) is 43.4 Å². The van der Waals surface area contributed by atoms with E-state index in [0.717, 1.165) is 44.7 Å². The van der Waals surface area contributed by atoms with Crippen molar-refractivity contribution in [2.45, 2.75) is 91.1 Å². The van der Waals surface area contributed by atoms with Crippen LogP contribution < -0.4 is 10.7 Å². The van der Waals surface area contributed by atoms with Crippen molar-refractivity contribution in [3.8, 4) is 22.5 Å². The summed E-state index contributed by atoms with van der Waals surface area (Å²) in [5, 5.41) is 8.22. The molecule has 15 heteroatoms. The molecular formula is C42H54N8O6S. The molecule has 1 aromatic carbocycles. The summed E-state index contributed by atoms with van der Waals surface area (Å²) in [6.07, 6.45) is 3.39. The van der Waals surface area contributed by atoms with E-state index < -0.39 is 29.5 Å². The van der Waals surface area contributed by atoms with Gasteiger partial charge in [-0.05, 0) is 70.0 Å². The maximum atomic E-state index is 14.3. The number of methoxy groups -OCH3 is 1. The third kappa shape index (κ3) is 8.34. The van der Waals surface area contributed by atoms with Crippen molar-refractivity contribution in [2.75, 3.05) is 46.9 Å². The molecule has 0 aliphatic carbocycles. The predicted octanol–water partition coefficient (Wildman–Crippen LogP) is 4.37. The summed E-state index contributed by atoms with van der Waals surface area (Å²) in [6, 6.07) is 8.12. The zero-order valence-electron chi connectivity index (χ0n) is 34.0. The standard InChI is InChI=1S/C42H54N8O6S/c1-8-49-34-14-13-27-19-29(34)30(38(49)28-11-9-15-43-37(28)25(2)55-7)21-42(4,5)24-56-41(54)31-12-10-16-50(46-31)40(53)32(20-36-44-33(27)23-57-36)45-39(52)35-22-48(26(3)51)18-17-47(35)6/h9,11,13-15,19,23,25,31-32,35,46H,8,10,12,16-18,20-22,24H2,1-7H3,(H,45,52)/t25-,31-,32-,35-/m0/s1. The first kappa shape index (κ1) is 40.5.